The fourth-order valence-electron chi connectivity index (χ4n) is 2.42. The third kappa shape index (κ3) is 1.92. The molecule has 2 aliphatic rings. The molecule has 0 aromatic heterocycles. The number of fused-ring (bicyclic) bond motifs is 1. The quantitative estimate of drug-likeness (QED) is 0.762. The molecule has 92 valence electrons. The van der Waals surface area contributed by atoms with Gasteiger partial charge in [-0.05, 0) is 24.5 Å². The smallest absolute Gasteiger partial charge is 0.419 e. The van der Waals surface area contributed by atoms with E-state index in [0.29, 0.717) is 12.2 Å². The molecule has 0 bridgehead atoms. The first-order chi connectivity index (χ1) is 8.78. The lowest BCUT2D eigenvalue weighted by atomic mass is 9.87. The summed E-state index contributed by atoms with van der Waals surface area (Å²) in [4.78, 5) is 11.3. The van der Waals surface area contributed by atoms with Crippen molar-refractivity contribution in [3.05, 3.63) is 59.9 Å². The van der Waals surface area contributed by atoms with Crippen molar-refractivity contribution in [2.45, 2.75) is 24.9 Å². The molecule has 1 aromatic carbocycles. The van der Waals surface area contributed by atoms with Crippen LogP contribution in [0, 0.1) is 0 Å². The van der Waals surface area contributed by atoms with E-state index in [-0.39, 0.29) is 0 Å². The molecule has 18 heavy (non-hydrogen) atoms. The van der Waals surface area contributed by atoms with Crippen molar-refractivity contribution < 1.29 is 14.3 Å². The normalized spacial score (nSPS) is 25.1. The molecule has 0 saturated carbocycles. The first-order valence-corrected chi connectivity index (χ1v) is 6.11. The van der Waals surface area contributed by atoms with Gasteiger partial charge >= 0.3 is 6.16 Å². The van der Waals surface area contributed by atoms with Crippen molar-refractivity contribution in [1.29, 1.82) is 0 Å². The van der Waals surface area contributed by atoms with Crippen LogP contribution in [0.4, 0.5) is 4.79 Å². The van der Waals surface area contributed by atoms with E-state index < -0.39 is 11.8 Å². The van der Waals surface area contributed by atoms with E-state index in [4.69, 9.17) is 9.47 Å². The summed E-state index contributed by atoms with van der Waals surface area (Å²) in [7, 11) is 0. The molecule has 0 radical (unpaired) electrons. The number of hydrogen-bond donors (Lipinski definition) is 0. The molecule has 0 spiro atoms. The molecule has 1 aliphatic carbocycles. The summed E-state index contributed by atoms with van der Waals surface area (Å²) >= 11 is 0. The second kappa shape index (κ2) is 4.33. The van der Waals surface area contributed by atoms with Crippen LogP contribution in [0.1, 0.15) is 18.4 Å². The van der Waals surface area contributed by atoms with Gasteiger partial charge in [0.25, 0.3) is 0 Å². The number of carbonyl (C=O) groups excluding carboxylic acids is 1. The zero-order valence-corrected chi connectivity index (χ0v) is 9.96. The zero-order valence-electron chi connectivity index (χ0n) is 9.96. The van der Waals surface area contributed by atoms with E-state index in [2.05, 4.69) is 12.1 Å². The third-order valence-corrected chi connectivity index (χ3v) is 3.41. The Morgan fingerprint density at radius 1 is 1.22 bits per heavy atom. The Balaban J connectivity index is 1.77. The van der Waals surface area contributed by atoms with Crippen molar-refractivity contribution in [2.75, 3.05) is 0 Å². The topological polar surface area (TPSA) is 35.5 Å². The van der Waals surface area contributed by atoms with Gasteiger partial charge < -0.3 is 9.47 Å². The SMILES string of the molecule is O=C1OC2=CC=CCC2(CCc2ccccc2)O1. The van der Waals surface area contributed by atoms with Crippen molar-refractivity contribution in [1.82, 2.24) is 0 Å². The van der Waals surface area contributed by atoms with Gasteiger partial charge in [-0.1, -0.05) is 42.5 Å². The maximum absolute atomic E-state index is 11.3. The van der Waals surface area contributed by atoms with Gasteiger partial charge in [0.05, 0.1) is 0 Å². The molecular weight excluding hydrogens is 228 g/mol. The highest BCUT2D eigenvalue weighted by Crippen LogP contribution is 2.40. The summed E-state index contributed by atoms with van der Waals surface area (Å²) in [6.07, 6.45) is 7.45. The zero-order chi connectivity index (χ0) is 12.4. The van der Waals surface area contributed by atoms with Crippen LogP contribution in [0.25, 0.3) is 0 Å². The highest BCUT2D eigenvalue weighted by molar-refractivity contribution is 5.67. The fourth-order valence-corrected chi connectivity index (χ4v) is 2.42. The summed E-state index contributed by atoms with van der Waals surface area (Å²) in [5.41, 5.74) is 0.658. The van der Waals surface area contributed by atoms with E-state index >= 15 is 0 Å². The van der Waals surface area contributed by atoms with Crippen LogP contribution in [-0.4, -0.2) is 11.8 Å². The highest BCUT2D eigenvalue weighted by atomic mass is 16.8. The first-order valence-electron chi connectivity index (χ1n) is 6.11. The van der Waals surface area contributed by atoms with Gasteiger partial charge in [0.2, 0.25) is 0 Å². The van der Waals surface area contributed by atoms with Gasteiger partial charge in [-0.25, -0.2) is 4.79 Å². The Morgan fingerprint density at radius 2 is 2.06 bits per heavy atom. The van der Waals surface area contributed by atoms with Crippen molar-refractivity contribution >= 4 is 6.16 Å². The lowest BCUT2D eigenvalue weighted by molar-refractivity contribution is 0.0608. The maximum Gasteiger partial charge on any atom is 0.514 e. The van der Waals surface area contributed by atoms with Crippen molar-refractivity contribution in [2.24, 2.45) is 0 Å². The maximum atomic E-state index is 11.3. The highest BCUT2D eigenvalue weighted by Gasteiger charge is 2.47. The van der Waals surface area contributed by atoms with Crippen LogP contribution in [0.5, 0.6) is 0 Å². The Kier molecular flexibility index (Phi) is 2.67. The summed E-state index contributed by atoms with van der Waals surface area (Å²) in [5, 5.41) is 0. The number of hydrogen-bond acceptors (Lipinski definition) is 3. The average Bonchev–Trinajstić information content (AvgIpc) is 2.74. The van der Waals surface area contributed by atoms with Gasteiger partial charge in [0, 0.05) is 6.42 Å². The lowest BCUT2D eigenvalue weighted by Crippen LogP contribution is -2.31. The van der Waals surface area contributed by atoms with Gasteiger partial charge in [0.15, 0.2) is 11.4 Å². The standard InChI is InChI=1S/C15H14O3/c16-14-17-13-8-4-5-10-15(13,18-14)11-9-12-6-2-1-3-7-12/h1-8H,9-11H2. The van der Waals surface area contributed by atoms with Crippen LogP contribution < -0.4 is 0 Å². The number of rotatable bonds is 3. The largest absolute Gasteiger partial charge is 0.514 e. The van der Waals surface area contributed by atoms with E-state index in [0.717, 1.165) is 12.8 Å². The summed E-state index contributed by atoms with van der Waals surface area (Å²) < 4.78 is 10.5. The van der Waals surface area contributed by atoms with Gasteiger partial charge in [-0.15, -0.1) is 0 Å². The van der Waals surface area contributed by atoms with Crippen LogP contribution in [0.15, 0.2) is 54.3 Å². The van der Waals surface area contributed by atoms with Crippen LogP contribution in [-0.2, 0) is 15.9 Å². The van der Waals surface area contributed by atoms with Gasteiger partial charge in [0.1, 0.15) is 0 Å². The number of allylic oxidation sites excluding steroid dienone is 2. The van der Waals surface area contributed by atoms with Crippen molar-refractivity contribution in [3.63, 3.8) is 0 Å². The summed E-state index contributed by atoms with van der Waals surface area (Å²) in [6, 6.07) is 10.2. The second-order valence-electron chi connectivity index (χ2n) is 4.60. The fraction of sp³-hybridized carbons (Fsp3) is 0.267. The number of carbonyl (C=O) groups is 1. The van der Waals surface area contributed by atoms with Crippen LogP contribution in [0.2, 0.25) is 0 Å². The molecule has 3 rings (SSSR count). The molecule has 0 amide bonds. The van der Waals surface area contributed by atoms with E-state index in [9.17, 15) is 4.79 Å². The molecule has 0 N–H and O–H groups in total. The molecule has 1 saturated heterocycles. The molecule has 1 heterocycles. The molecule has 1 fully saturated rings. The van der Waals surface area contributed by atoms with E-state index in [1.807, 2.05) is 36.4 Å². The Hall–Kier alpha value is -2.03. The second-order valence-corrected chi connectivity index (χ2v) is 4.60. The lowest BCUT2D eigenvalue weighted by Gasteiger charge is -2.26. The monoisotopic (exact) mass is 242 g/mol. The first kappa shape index (κ1) is 11.1. The molecule has 1 unspecified atom stereocenters. The Labute approximate surface area is 106 Å². The van der Waals surface area contributed by atoms with Gasteiger partial charge in [-0.3, -0.25) is 0 Å². The Bertz CT molecular complexity index is 516. The van der Waals surface area contributed by atoms with Crippen molar-refractivity contribution in [3.8, 4) is 0 Å². The minimum absolute atomic E-state index is 0.582. The predicted molar refractivity (Wildman–Crippen MR) is 66.9 cm³/mol. The summed E-state index contributed by atoms with van der Waals surface area (Å²) in [6.45, 7) is 0. The number of benzene rings is 1. The number of ether oxygens (including phenoxy) is 2. The third-order valence-electron chi connectivity index (χ3n) is 3.41. The average molecular weight is 242 g/mol. The van der Waals surface area contributed by atoms with Crippen LogP contribution in [0.3, 0.4) is 0 Å². The minimum Gasteiger partial charge on any atom is -0.419 e. The molecular formula is C15H14O3. The number of aryl methyl sites for hydroxylation is 1. The van der Waals surface area contributed by atoms with E-state index in [1.165, 1.54) is 5.56 Å². The molecule has 3 nitrogen and oxygen atoms in total. The van der Waals surface area contributed by atoms with E-state index in [1.54, 1.807) is 0 Å². The predicted octanol–water partition coefficient (Wildman–Crippen LogP) is 3.37. The molecule has 1 aliphatic heterocycles. The van der Waals surface area contributed by atoms with Crippen LogP contribution >= 0.6 is 0 Å². The molecule has 1 aromatic rings. The Morgan fingerprint density at radius 3 is 2.89 bits per heavy atom. The molecule has 3 heteroatoms. The summed E-state index contributed by atoms with van der Waals surface area (Å²) in [5.74, 6) is 0.644. The molecule has 1 atom stereocenters. The minimum atomic E-state index is -0.585. The van der Waals surface area contributed by atoms with Gasteiger partial charge in [-0.2, -0.15) is 0 Å².